The number of anilines is 1. The monoisotopic (exact) mass is 296 g/mol. The van der Waals surface area contributed by atoms with Crippen molar-refractivity contribution in [2.75, 3.05) is 24.2 Å². The van der Waals surface area contributed by atoms with Crippen molar-refractivity contribution in [1.82, 2.24) is 5.32 Å². The summed E-state index contributed by atoms with van der Waals surface area (Å²) in [5.41, 5.74) is 10.8. The number of nitrogens with one attached hydrogen (secondary N) is 2. The van der Waals surface area contributed by atoms with Crippen LogP contribution in [0.25, 0.3) is 0 Å². The van der Waals surface area contributed by atoms with Crippen molar-refractivity contribution in [3.8, 4) is 0 Å². The molecule has 0 fully saturated rings. The van der Waals surface area contributed by atoms with E-state index in [-0.39, 0.29) is 24.7 Å². The molecule has 0 bridgehead atoms. The molecule has 7 nitrogen and oxygen atoms in total. The van der Waals surface area contributed by atoms with Crippen molar-refractivity contribution < 1.29 is 14.4 Å². The van der Waals surface area contributed by atoms with Gasteiger partial charge in [-0.2, -0.15) is 0 Å². The van der Waals surface area contributed by atoms with E-state index in [0.717, 1.165) is 4.90 Å². The third-order valence-corrected chi connectivity index (χ3v) is 3.26. The quantitative estimate of drug-likeness (QED) is 0.494. The Morgan fingerprint density at radius 1 is 1.15 bits per heavy atom. The molecule has 1 aromatic rings. The predicted octanol–water partition coefficient (Wildman–Crippen LogP) is -0.723. The average Bonchev–Trinajstić information content (AvgIpc) is 2.43. The van der Waals surface area contributed by atoms with Crippen LogP contribution in [-0.4, -0.2) is 36.6 Å². The Bertz CT molecular complexity index is 507. The summed E-state index contributed by atoms with van der Waals surface area (Å²) in [7, 11) is 0. The van der Waals surface area contributed by atoms with Crippen LogP contribution in [0.2, 0.25) is 0 Å². The lowest BCUT2D eigenvalue weighted by Gasteiger charge is -2.10. The van der Waals surface area contributed by atoms with Crippen molar-refractivity contribution in [3.05, 3.63) is 24.3 Å². The molecule has 0 aliphatic heterocycles. The Morgan fingerprint density at radius 3 is 2.50 bits per heavy atom. The van der Waals surface area contributed by atoms with Gasteiger partial charge in [0.05, 0.1) is 24.5 Å². The maximum absolute atomic E-state index is 11.7. The molecule has 108 valence electrons. The van der Waals surface area contributed by atoms with Gasteiger partial charge in [0.1, 0.15) is 0 Å². The molecule has 0 aliphatic carbocycles. The largest absolute Gasteiger partial charge is 0.369 e. The smallest absolute Gasteiger partial charge is 0.243 e. The van der Waals surface area contributed by atoms with Crippen LogP contribution >= 0.6 is 11.8 Å². The lowest BCUT2D eigenvalue weighted by Crippen LogP contribution is -2.36. The number of rotatable bonds is 7. The molecular weight excluding hydrogens is 280 g/mol. The third kappa shape index (κ3) is 5.72. The highest BCUT2D eigenvalue weighted by molar-refractivity contribution is 8.00. The van der Waals surface area contributed by atoms with E-state index < -0.39 is 11.8 Å². The van der Waals surface area contributed by atoms with E-state index in [0.29, 0.717) is 5.69 Å². The molecule has 3 amide bonds. The van der Waals surface area contributed by atoms with Crippen LogP contribution in [0.4, 0.5) is 5.69 Å². The molecular formula is C12H16N4O3S. The SMILES string of the molecule is NCC(=O)NCC(=O)Nc1ccccc1SCC(N)=O. The molecule has 6 N–H and O–H groups in total. The number of thioether (sulfide) groups is 1. The topological polar surface area (TPSA) is 127 Å². The molecule has 1 rings (SSSR count). The molecule has 1 aromatic carbocycles. The first kappa shape index (κ1) is 16.0. The molecule has 0 saturated carbocycles. The highest BCUT2D eigenvalue weighted by atomic mass is 32.2. The van der Waals surface area contributed by atoms with Crippen molar-refractivity contribution in [2.24, 2.45) is 11.5 Å². The minimum absolute atomic E-state index is 0.122. The maximum atomic E-state index is 11.7. The molecule has 0 spiro atoms. The van der Waals surface area contributed by atoms with Gasteiger partial charge >= 0.3 is 0 Å². The zero-order chi connectivity index (χ0) is 15.0. The maximum Gasteiger partial charge on any atom is 0.243 e. The number of carbonyl (C=O) groups excluding carboxylic acids is 3. The van der Waals surface area contributed by atoms with E-state index in [4.69, 9.17) is 11.5 Å². The van der Waals surface area contributed by atoms with Gasteiger partial charge in [-0.05, 0) is 12.1 Å². The summed E-state index contributed by atoms with van der Waals surface area (Å²) in [6, 6.07) is 7.01. The highest BCUT2D eigenvalue weighted by Gasteiger charge is 2.08. The summed E-state index contributed by atoms with van der Waals surface area (Å²) in [5.74, 6) is -1.10. The Morgan fingerprint density at radius 2 is 1.85 bits per heavy atom. The summed E-state index contributed by atoms with van der Waals surface area (Å²) >= 11 is 1.23. The van der Waals surface area contributed by atoms with E-state index in [1.54, 1.807) is 24.3 Å². The molecule has 0 aliphatic rings. The van der Waals surface area contributed by atoms with E-state index in [1.807, 2.05) is 0 Å². The van der Waals surface area contributed by atoms with Crippen LogP contribution in [0.3, 0.4) is 0 Å². The minimum Gasteiger partial charge on any atom is -0.369 e. The molecule has 0 atom stereocenters. The van der Waals surface area contributed by atoms with Crippen LogP contribution in [0.15, 0.2) is 29.2 Å². The fourth-order valence-corrected chi connectivity index (χ4v) is 2.04. The van der Waals surface area contributed by atoms with Crippen molar-refractivity contribution >= 4 is 35.2 Å². The second-order valence-electron chi connectivity index (χ2n) is 3.78. The summed E-state index contributed by atoms with van der Waals surface area (Å²) < 4.78 is 0. The second kappa shape index (κ2) is 8.18. The van der Waals surface area contributed by atoms with E-state index in [9.17, 15) is 14.4 Å². The van der Waals surface area contributed by atoms with Gasteiger partial charge in [0.2, 0.25) is 17.7 Å². The first-order chi connectivity index (χ1) is 9.52. The average molecular weight is 296 g/mol. The number of primary amides is 1. The van der Waals surface area contributed by atoms with Crippen molar-refractivity contribution in [1.29, 1.82) is 0 Å². The number of carbonyl (C=O) groups is 3. The molecule has 20 heavy (non-hydrogen) atoms. The van der Waals surface area contributed by atoms with Gasteiger partial charge in [0, 0.05) is 4.90 Å². The third-order valence-electron chi connectivity index (χ3n) is 2.16. The number of nitrogens with two attached hydrogens (primary N) is 2. The summed E-state index contributed by atoms with van der Waals surface area (Å²) in [4.78, 5) is 34.1. The van der Waals surface area contributed by atoms with Gasteiger partial charge in [-0.1, -0.05) is 12.1 Å². The fourth-order valence-electron chi connectivity index (χ4n) is 1.29. The van der Waals surface area contributed by atoms with Gasteiger partial charge in [-0.3, -0.25) is 14.4 Å². The summed E-state index contributed by atoms with van der Waals surface area (Å²) in [6.45, 7) is -0.330. The molecule has 0 radical (unpaired) electrons. The van der Waals surface area contributed by atoms with Gasteiger partial charge in [0.15, 0.2) is 0 Å². The zero-order valence-corrected chi connectivity index (χ0v) is 11.5. The van der Waals surface area contributed by atoms with Crippen molar-refractivity contribution in [2.45, 2.75) is 4.90 Å². The summed E-state index contributed by atoms with van der Waals surface area (Å²) in [6.07, 6.45) is 0. The lowest BCUT2D eigenvalue weighted by atomic mass is 10.3. The highest BCUT2D eigenvalue weighted by Crippen LogP contribution is 2.26. The predicted molar refractivity (Wildman–Crippen MR) is 77.1 cm³/mol. The van der Waals surface area contributed by atoms with E-state index in [2.05, 4.69) is 10.6 Å². The van der Waals surface area contributed by atoms with Crippen LogP contribution < -0.4 is 22.1 Å². The molecule has 0 heterocycles. The second-order valence-corrected chi connectivity index (χ2v) is 4.80. The zero-order valence-electron chi connectivity index (χ0n) is 10.7. The first-order valence-electron chi connectivity index (χ1n) is 5.79. The Hall–Kier alpha value is -2.06. The molecule has 0 unspecified atom stereocenters. The Balaban J connectivity index is 2.60. The van der Waals surface area contributed by atoms with Crippen molar-refractivity contribution in [3.63, 3.8) is 0 Å². The number of benzene rings is 1. The number of hydrogen-bond donors (Lipinski definition) is 4. The van der Waals surface area contributed by atoms with E-state index >= 15 is 0 Å². The standard InChI is InChI=1S/C12H16N4O3S/c13-5-11(18)15-6-12(19)16-8-3-1-2-4-9(8)20-7-10(14)17/h1-4H,5-7,13H2,(H2,14,17)(H,15,18)(H,16,19). The van der Waals surface area contributed by atoms with Gasteiger partial charge in [0.25, 0.3) is 0 Å². The first-order valence-corrected chi connectivity index (χ1v) is 6.78. The minimum atomic E-state index is -0.439. The van der Waals surface area contributed by atoms with Crippen LogP contribution in [-0.2, 0) is 14.4 Å². The Kier molecular flexibility index (Phi) is 6.54. The number of hydrogen-bond acceptors (Lipinski definition) is 5. The number of para-hydroxylation sites is 1. The summed E-state index contributed by atoms with van der Waals surface area (Å²) in [5, 5.41) is 5.01. The van der Waals surface area contributed by atoms with Crippen LogP contribution in [0.5, 0.6) is 0 Å². The Labute approximate surface area is 120 Å². The fraction of sp³-hybridized carbons (Fsp3) is 0.250. The normalized spacial score (nSPS) is 9.85. The molecule has 0 aromatic heterocycles. The molecule has 0 saturated heterocycles. The molecule has 8 heteroatoms. The lowest BCUT2D eigenvalue weighted by molar-refractivity contribution is -0.123. The van der Waals surface area contributed by atoms with Gasteiger partial charge < -0.3 is 22.1 Å². The number of amides is 3. The van der Waals surface area contributed by atoms with Gasteiger partial charge in [-0.25, -0.2) is 0 Å². The van der Waals surface area contributed by atoms with Gasteiger partial charge in [-0.15, -0.1) is 11.8 Å². The van der Waals surface area contributed by atoms with Crippen LogP contribution in [0.1, 0.15) is 0 Å². The van der Waals surface area contributed by atoms with Crippen LogP contribution in [0, 0.1) is 0 Å². The van der Waals surface area contributed by atoms with E-state index in [1.165, 1.54) is 11.8 Å².